The number of carbonyl (C=O) groups is 2. The molecular weight excluding hydrogens is 340 g/mol. The van der Waals surface area contributed by atoms with Crippen LogP contribution in [0.2, 0.25) is 0 Å². The molecule has 1 aromatic rings. The van der Waals surface area contributed by atoms with E-state index in [-0.39, 0.29) is 17.9 Å². The van der Waals surface area contributed by atoms with Gasteiger partial charge in [-0.25, -0.2) is 0 Å². The van der Waals surface area contributed by atoms with E-state index in [1.165, 1.54) is 19.3 Å². The van der Waals surface area contributed by atoms with Gasteiger partial charge < -0.3 is 19.3 Å². The van der Waals surface area contributed by atoms with Gasteiger partial charge in [-0.05, 0) is 57.3 Å². The van der Waals surface area contributed by atoms with E-state index in [4.69, 9.17) is 0 Å². The first-order chi connectivity index (χ1) is 13.1. The Labute approximate surface area is 162 Å². The van der Waals surface area contributed by atoms with Crippen molar-refractivity contribution in [2.45, 2.75) is 44.6 Å². The molecule has 0 N–H and O–H groups in total. The minimum absolute atomic E-state index is 0.0832. The molecule has 0 aromatic carbocycles. The van der Waals surface area contributed by atoms with Crippen LogP contribution in [-0.2, 0) is 11.8 Å². The Morgan fingerprint density at radius 1 is 1.11 bits per heavy atom. The molecule has 1 aliphatic carbocycles. The molecule has 3 heterocycles. The average Bonchev–Trinajstić information content (AvgIpc) is 3.27. The van der Waals surface area contributed by atoms with E-state index >= 15 is 0 Å². The Kier molecular flexibility index (Phi) is 5.53. The maximum Gasteiger partial charge on any atom is 0.270 e. The van der Waals surface area contributed by atoms with Crippen molar-refractivity contribution in [2.24, 2.45) is 13.0 Å². The summed E-state index contributed by atoms with van der Waals surface area (Å²) in [6, 6.07) is 3.95. The summed E-state index contributed by atoms with van der Waals surface area (Å²) in [5.74, 6) is 0.647. The number of amides is 2. The van der Waals surface area contributed by atoms with Crippen LogP contribution in [0.1, 0.15) is 49.0 Å². The second-order valence-corrected chi connectivity index (χ2v) is 8.41. The SMILES string of the molecule is Cn1cccc1C(=O)N1CCC(N(CCN2CCCCC2)C(=O)C2CC2)C1. The smallest absolute Gasteiger partial charge is 0.270 e. The Morgan fingerprint density at radius 3 is 2.56 bits per heavy atom. The van der Waals surface area contributed by atoms with Gasteiger partial charge in [0, 0.05) is 45.3 Å². The van der Waals surface area contributed by atoms with Gasteiger partial charge in [-0.1, -0.05) is 6.42 Å². The number of hydrogen-bond acceptors (Lipinski definition) is 3. The molecule has 3 fully saturated rings. The summed E-state index contributed by atoms with van der Waals surface area (Å²) < 4.78 is 1.87. The van der Waals surface area contributed by atoms with Crippen molar-refractivity contribution >= 4 is 11.8 Å². The summed E-state index contributed by atoms with van der Waals surface area (Å²) in [5.41, 5.74) is 0.726. The first-order valence-corrected chi connectivity index (χ1v) is 10.6. The summed E-state index contributed by atoms with van der Waals surface area (Å²) in [4.78, 5) is 32.3. The van der Waals surface area contributed by atoms with E-state index in [1.54, 1.807) is 0 Å². The number of nitrogens with zero attached hydrogens (tertiary/aromatic N) is 4. The van der Waals surface area contributed by atoms with E-state index in [2.05, 4.69) is 9.80 Å². The van der Waals surface area contributed by atoms with E-state index in [0.29, 0.717) is 12.5 Å². The van der Waals surface area contributed by atoms with Gasteiger partial charge in [0.25, 0.3) is 5.91 Å². The molecule has 6 heteroatoms. The molecule has 0 bridgehead atoms. The van der Waals surface area contributed by atoms with Crippen molar-refractivity contribution in [3.8, 4) is 0 Å². The van der Waals surface area contributed by atoms with Crippen LogP contribution >= 0.6 is 0 Å². The molecule has 1 aromatic heterocycles. The molecule has 27 heavy (non-hydrogen) atoms. The van der Waals surface area contributed by atoms with Crippen LogP contribution in [0.5, 0.6) is 0 Å². The van der Waals surface area contributed by atoms with E-state index in [0.717, 1.165) is 57.7 Å². The fraction of sp³-hybridized carbons (Fsp3) is 0.714. The molecule has 2 aliphatic heterocycles. The van der Waals surface area contributed by atoms with Gasteiger partial charge in [0.2, 0.25) is 5.91 Å². The lowest BCUT2D eigenvalue weighted by atomic mass is 10.1. The molecule has 1 saturated carbocycles. The maximum atomic E-state index is 12.9. The van der Waals surface area contributed by atoms with Crippen LogP contribution in [0.3, 0.4) is 0 Å². The van der Waals surface area contributed by atoms with E-state index in [9.17, 15) is 9.59 Å². The predicted molar refractivity (Wildman–Crippen MR) is 104 cm³/mol. The number of aromatic nitrogens is 1. The Morgan fingerprint density at radius 2 is 1.89 bits per heavy atom. The van der Waals surface area contributed by atoms with Crippen molar-refractivity contribution in [3.63, 3.8) is 0 Å². The maximum absolute atomic E-state index is 12.9. The molecule has 0 radical (unpaired) electrons. The van der Waals surface area contributed by atoms with Crippen molar-refractivity contribution in [3.05, 3.63) is 24.0 Å². The molecule has 1 atom stereocenters. The Balaban J connectivity index is 1.38. The Bertz CT molecular complexity index is 675. The molecule has 0 spiro atoms. The second-order valence-electron chi connectivity index (χ2n) is 8.41. The van der Waals surface area contributed by atoms with Crippen molar-refractivity contribution in [1.29, 1.82) is 0 Å². The van der Waals surface area contributed by atoms with Crippen LogP contribution < -0.4 is 0 Å². The quantitative estimate of drug-likeness (QED) is 0.767. The van der Waals surface area contributed by atoms with Gasteiger partial charge in [-0.2, -0.15) is 0 Å². The first-order valence-electron chi connectivity index (χ1n) is 10.6. The molecule has 2 amide bonds. The van der Waals surface area contributed by atoms with Gasteiger partial charge in [0.15, 0.2) is 0 Å². The van der Waals surface area contributed by atoms with Gasteiger partial charge >= 0.3 is 0 Å². The lowest BCUT2D eigenvalue weighted by Crippen LogP contribution is -2.47. The number of aryl methyl sites for hydroxylation is 1. The minimum Gasteiger partial charge on any atom is -0.347 e. The average molecular weight is 373 g/mol. The van der Waals surface area contributed by atoms with Crippen LogP contribution in [-0.4, -0.2) is 76.4 Å². The molecule has 2 saturated heterocycles. The third-order valence-corrected chi connectivity index (χ3v) is 6.37. The molecule has 1 unspecified atom stereocenters. The standard InChI is InChI=1S/C21H32N4O2/c1-22-10-5-6-19(22)21(27)24-13-9-18(16-24)25(20(26)17-7-8-17)15-14-23-11-3-2-4-12-23/h5-6,10,17-18H,2-4,7-9,11-16H2,1H3. The third kappa shape index (κ3) is 4.21. The molecule has 148 valence electrons. The monoisotopic (exact) mass is 372 g/mol. The van der Waals surface area contributed by atoms with Crippen molar-refractivity contribution in [2.75, 3.05) is 39.3 Å². The highest BCUT2D eigenvalue weighted by Crippen LogP contribution is 2.33. The fourth-order valence-electron chi connectivity index (χ4n) is 4.50. The number of piperidine rings is 1. The van der Waals surface area contributed by atoms with E-state index in [1.807, 2.05) is 34.8 Å². The zero-order chi connectivity index (χ0) is 18.8. The van der Waals surface area contributed by atoms with Gasteiger partial charge in [-0.3, -0.25) is 9.59 Å². The number of hydrogen-bond donors (Lipinski definition) is 0. The van der Waals surface area contributed by atoms with Crippen LogP contribution in [0.4, 0.5) is 0 Å². The fourth-order valence-corrected chi connectivity index (χ4v) is 4.50. The highest BCUT2D eigenvalue weighted by molar-refractivity contribution is 5.93. The molecule has 6 nitrogen and oxygen atoms in total. The van der Waals surface area contributed by atoms with Gasteiger partial charge in [-0.15, -0.1) is 0 Å². The predicted octanol–water partition coefficient (Wildman–Crippen LogP) is 1.96. The lowest BCUT2D eigenvalue weighted by molar-refractivity contribution is -0.135. The highest BCUT2D eigenvalue weighted by Gasteiger charge is 2.39. The normalized spacial score (nSPS) is 23.6. The number of rotatable bonds is 6. The van der Waals surface area contributed by atoms with Crippen LogP contribution in [0.15, 0.2) is 18.3 Å². The summed E-state index contributed by atoms with van der Waals surface area (Å²) in [6.45, 7) is 5.52. The summed E-state index contributed by atoms with van der Waals surface area (Å²) in [6.07, 6.45) is 8.77. The Hall–Kier alpha value is -1.82. The lowest BCUT2D eigenvalue weighted by Gasteiger charge is -2.33. The summed E-state index contributed by atoms with van der Waals surface area (Å²) >= 11 is 0. The van der Waals surface area contributed by atoms with Crippen LogP contribution in [0, 0.1) is 5.92 Å². The topological polar surface area (TPSA) is 48.8 Å². The number of carbonyl (C=O) groups excluding carboxylic acids is 2. The van der Waals surface area contributed by atoms with Gasteiger partial charge in [0.05, 0.1) is 6.04 Å². The van der Waals surface area contributed by atoms with Gasteiger partial charge in [0.1, 0.15) is 5.69 Å². The molecule has 4 rings (SSSR count). The van der Waals surface area contributed by atoms with Crippen molar-refractivity contribution in [1.82, 2.24) is 19.3 Å². The number of likely N-dealkylation sites (tertiary alicyclic amines) is 2. The second kappa shape index (κ2) is 8.05. The molecular formula is C21H32N4O2. The first kappa shape index (κ1) is 18.5. The summed E-state index contributed by atoms with van der Waals surface area (Å²) in [7, 11) is 1.91. The zero-order valence-corrected chi connectivity index (χ0v) is 16.5. The van der Waals surface area contributed by atoms with E-state index < -0.39 is 0 Å². The minimum atomic E-state index is 0.0832. The highest BCUT2D eigenvalue weighted by atomic mass is 16.2. The van der Waals surface area contributed by atoms with Crippen LogP contribution in [0.25, 0.3) is 0 Å². The molecule has 3 aliphatic rings. The third-order valence-electron chi connectivity index (χ3n) is 6.37. The van der Waals surface area contributed by atoms with Crippen molar-refractivity contribution < 1.29 is 9.59 Å². The zero-order valence-electron chi connectivity index (χ0n) is 16.5. The largest absolute Gasteiger partial charge is 0.347 e. The summed E-state index contributed by atoms with van der Waals surface area (Å²) in [5, 5.41) is 0.